The van der Waals surface area contributed by atoms with Crippen LogP contribution in [-0.2, 0) is 23.9 Å². The van der Waals surface area contributed by atoms with E-state index in [1.54, 1.807) is 13.8 Å². The molecule has 0 aromatic heterocycles. The molecule has 2 aliphatic rings. The Morgan fingerprint density at radius 2 is 1.94 bits per heavy atom. The molecule has 3 rings (SSSR count). The predicted molar refractivity (Wildman–Crippen MR) is 114 cm³/mol. The van der Waals surface area contributed by atoms with Gasteiger partial charge in [0, 0.05) is 17.4 Å². The number of aliphatic carboxylic acids is 1. The van der Waals surface area contributed by atoms with Crippen LogP contribution in [0.1, 0.15) is 25.5 Å². The summed E-state index contributed by atoms with van der Waals surface area (Å²) in [4.78, 5) is 62.5. The first-order valence-corrected chi connectivity index (χ1v) is 10.8. The van der Waals surface area contributed by atoms with Crippen molar-refractivity contribution in [2.45, 2.75) is 37.4 Å². The third-order valence-corrected chi connectivity index (χ3v) is 6.38. The number of fused-ring (bicyclic) bond motifs is 1. The lowest BCUT2D eigenvalue weighted by atomic mass is 10.0. The lowest BCUT2D eigenvalue weighted by molar-refractivity contribution is -0.154. The van der Waals surface area contributed by atoms with Crippen LogP contribution in [0.2, 0.25) is 0 Å². The number of amides is 4. The smallest absolute Gasteiger partial charge is 0.354 e. The number of β-lactam (4-membered cyclic amide) rings is 1. The van der Waals surface area contributed by atoms with E-state index >= 15 is 0 Å². The topological polar surface area (TPSA) is 180 Å². The van der Waals surface area contributed by atoms with E-state index in [1.165, 1.54) is 24.3 Å². The zero-order chi connectivity index (χ0) is 24.4. The van der Waals surface area contributed by atoms with Gasteiger partial charge in [0.05, 0.1) is 5.70 Å². The van der Waals surface area contributed by atoms with Gasteiger partial charge < -0.3 is 26.0 Å². The van der Waals surface area contributed by atoms with E-state index in [9.17, 15) is 34.2 Å². The van der Waals surface area contributed by atoms with Crippen LogP contribution >= 0.6 is 11.8 Å². The van der Waals surface area contributed by atoms with Crippen LogP contribution in [0.15, 0.2) is 35.7 Å². The van der Waals surface area contributed by atoms with Gasteiger partial charge in [0.2, 0.25) is 6.10 Å². The number of aromatic hydroxyl groups is 1. The number of hydrogen-bond acceptors (Lipinski definition) is 8. The maximum absolute atomic E-state index is 12.8. The molecular formula is C20H22N4O8S. The van der Waals surface area contributed by atoms with Crippen molar-refractivity contribution >= 4 is 42.0 Å². The van der Waals surface area contributed by atoms with E-state index < -0.39 is 47.4 Å². The van der Waals surface area contributed by atoms with Crippen LogP contribution in [0.3, 0.4) is 0 Å². The fraction of sp³-hybridized carbons (Fsp3) is 0.350. The molecule has 33 heavy (non-hydrogen) atoms. The number of thioether (sulfide) groups is 1. The molecular weight excluding hydrogens is 456 g/mol. The maximum atomic E-state index is 12.8. The molecule has 2 heterocycles. The zero-order valence-electron chi connectivity index (χ0n) is 17.6. The van der Waals surface area contributed by atoms with Crippen LogP contribution in [0, 0.1) is 0 Å². The average Bonchev–Trinajstić information content (AvgIpc) is 2.75. The summed E-state index contributed by atoms with van der Waals surface area (Å²) in [6.45, 7) is 3.40. The number of carbonyl (C=O) groups is 5. The maximum Gasteiger partial charge on any atom is 0.354 e. The fourth-order valence-corrected chi connectivity index (χ4v) is 5.05. The first kappa shape index (κ1) is 23.9. The predicted octanol–water partition coefficient (Wildman–Crippen LogP) is 0.0915. The number of urea groups is 1. The molecule has 0 saturated carbocycles. The Labute approximate surface area is 192 Å². The number of nitrogens with one attached hydrogen (secondary N) is 1. The number of nitrogens with two attached hydrogens (primary N) is 1. The molecule has 1 aromatic carbocycles. The minimum absolute atomic E-state index is 0.0531. The Bertz CT molecular complexity index is 1030. The SMILES string of the molecule is CC(C)N(C(N)=O)C1=C(C(=O)O)N2C(=O)C(NC(=O)C(OC=O)c3ccc(O)cc3)[C@H]2SC1. The third-order valence-electron chi connectivity index (χ3n) is 5.12. The number of nitrogens with zero attached hydrogens (tertiary/aromatic N) is 2. The van der Waals surface area contributed by atoms with Crippen molar-refractivity contribution < 1.29 is 38.9 Å². The van der Waals surface area contributed by atoms with Crippen molar-refractivity contribution in [2.24, 2.45) is 5.73 Å². The number of benzene rings is 1. The number of rotatable bonds is 8. The minimum atomic E-state index is -1.41. The van der Waals surface area contributed by atoms with Crippen molar-refractivity contribution in [2.75, 3.05) is 5.75 Å². The van der Waals surface area contributed by atoms with Crippen LogP contribution in [-0.4, -0.2) is 73.5 Å². The number of phenolic OH excluding ortho intramolecular Hbond substituents is 1. The summed E-state index contributed by atoms with van der Waals surface area (Å²) in [5.41, 5.74) is 5.40. The molecule has 1 aromatic rings. The number of primary amides is 1. The first-order chi connectivity index (χ1) is 15.6. The van der Waals surface area contributed by atoms with Crippen molar-refractivity contribution in [3.8, 4) is 5.75 Å². The van der Waals surface area contributed by atoms with Gasteiger partial charge in [-0.25, -0.2) is 9.59 Å². The summed E-state index contributed by atoms with van der Waals surface area (Å²) in [7, 11) is 0. The third kappa shape index (κ3) is 4.44. The summed E-state index contributed by atoms with van der Waals surface area (Å²) >= 11 is 1.16. The van der Waals surface area contributed by atoms with Crippen molar-refractivity contribution in [3.63, 3.8) is 0 Å². The Morgan fingerprint density at radius 3 is 2.45 bits per heavy atom. The average molecular weight is 478 g/mol. The highest BCUT2D eigenvalue weighted by atomic mass is 32.2. The molecule has 12 nitrogen and oxygen atoms in total. The quantitative estimate of drug-likeness (QED) is 0.297. The summed E-state index contributed by atoms with van der Waals surface area (Å²) in [5, 5.41) is 20.9. The highest BCUT2D eigenvalue weighted by molar-refractivity contribution is 8.00. The molecule has 0 bridgehead atoms. The van der Waals surface area contributed by atoms with Crippen LogP contribution < -0.4 is 11.1 Å². The summed E-state index contributed by atoms with van der Waals surface area (Å²) < 4.78 is 4.86. The Kier molecular flexibility index (Phi) is 6.81. The van der Waals surface area contributed by atoms with Gasteiger partial charge in [-0.15, -0.1) is 11.8 Å². The molecule has 0 spiro atoms. The molecule has 0 radical (unpaired) electrons. The van der Waals surface area contributed by atoms with Gasteiger partial charge in [0.25, 0.3) is 18.3 Å². The Balaban J connectivity index is 1.84. The van der Waals surface area contributed by atoms with Crippen molar-refractivity contribution in [1.82, 2.24) is 15.1 Å². The van der Waals surface area contributed by atoms with Crippen LogP contribution in [0.5, 0.6) is 5.75 Å². The second kappa shape index (κ2) is 9.40. The second-order valence-corrected chi connectivity index (χ2v) is 8.61. The summed E-state index contributed by atoms with van der Waals surface area (Å²) in [6, 6.07) is 3.02. The molecule has 176 valence electrons. The zero-order valence-corrected chi connectivity index (χ0v) is 18.4. The number of carbonyl (C=O) groups excluding carboxylic acids is 4. The van der Waals surface area contributed by atoms with E-state index in [1.807, 2.05) is 0 Å². The van der Waals surface area contributed by atoms with Gasteiger partial charge in [0.15, 0.2) is 5.70 Å². The molecule has 1 fully saturated rings. The van der Waals surface area contributed by atoms with E-state index in [4.69, 9.17) is 10.5 Å². The monoisotopic (exact) mass is 478 g/mol. The van der Waals surface area contributed by atoms with Gasteiger partial charge in [-0.1, -0.05) is 12.1 Å². The number of carboxylic acid groups (broad SMARTS) is 1. The van der Waals surface area contributed by atoms with E-state index in [0.717, 1.165) is 21.6 Å². The number of carboxylic acids is 1. The van der Waals surface area contributed by atoms with Gasteiger partial charge in [-0.05, 0) is 26.0 Å². The Morgan fingerprint density at radius 1 is 1.30 bits per heavy atom. The lowest BCUT2D eigenvalue weighted by Gasteiger charge is -2.50. The van der Waals surface area contributed by atoms with Crippen LogP contribution in [0.25, 0.3) is 0 Å². The second-order valence-electron chi connectivity index (χ2n) is 7.50. The van der Waals surface area contributed by atoms with Crippen LogP contribution in [0.4, 0.5) is 4.79 Å². The van der Waals surface area contributed by atoms with Gasteiger partial charge in [-0.2, -0.15) is 0 Å². The summed E-state index contributed by atoms with van der Waals surface area (Å²) in [5.74, 6) is -2.89. The highest BCUT2D eigenvalue weighted by Gasteiger charge is 2.55. The molecule has 3 atom stereocenters. The van der Waals surface area contributed by atoms with Gasteiger partial charge in [-0.3, -0.25) is 24.2 Å². The van der Waals surface area contributed by atoms with Gasteiger partial charge >= 0.3 is 12.0 Å². The highest BCUT2D eigenvalue weighted by Crippen LogP contribution is 2.41. The standard InChI is InChI=1S/C20H22N4O8S/c1-9(2)23(20(21)31)12-7-33-18-13(17(28)24(18)14(12)19(29)30)22-16(27)15(32-8-25)10-3-5-11(26)6-4-10/h3-6,8-9,13,15,18,26H,7H2,1-2H3,(H2,21,31)(H,22,27)(H,29,30)/t13?,15?,18-/m1/s1. The Hall–Kier alpha value is -3.74. The number of ether oxygens (including phenoxy) is 1. The van der Waals surface area contributed by atoms with E-state index in [0.29, 0.717) is 0 Å². The lowest BCUT2D eigenvalue weighted by Crippen LogP contribution is -2.71. The van der Waals surface area contributed by atoms with Gasteiger partial charge in [0.1, 0.15) is 17.2 Å². The largest absolute Gasteiger partial charge is 0.508 e. The molecule has 5 N–H and O–H groups in total. The molecule has 0 aliphatic carbocycles. The fourth-order valence-electron chi connectivity index (χ4n) is 3.71. The molecule has 13 heteroatoms. The van der Waals surface area contributed by atoms with E-state index in [2.05, 4.69) is 5.32 Å². The molecule has 2 aliphatic heterocycles. The first-order valence-electron chi connectivity index (χ1n) is 9.76. The molecule has 1 saturated heterocycles. The number of hydrogen-bond donors (Lipinski definition) is 4. The van der Waals surface area contributed by atoms with Crippen molar-refractivity contribution in [1.29, 1.82) is 0 Å². The normalized spacial score (nSPS) is 20.5. The summed E-state index contributed by atoms with van der Waals surface area (Å²) in [6.07, 6.45) is -1.38. The number of phenols is 1. The molecule has 4 amide bonds. The molecule has 2 unspecified atom stereocenters. The van der Waals surface area contributed by atoms with Crippen molar-refractivity contribution in [3.05, 3.63) is 41.2 Å². The minimum Gasteiger partial charge on any atom is -0.508 e. The van der Waals surface area contributed by atoms with E-state index in [-0.39, 0.29) is 34.9 Å².